The van der Waals surface area contributed by atoms with Crippen molar-refractivity contribution in [2.75, 3.05) is 0 Å². The molecule has 574 valence electrons. The van der Waals surface area contributed by atoms with Gasteiger partial charge in [0.05, 0.1) is 0 Å². The first-order valence-corrected chi connectivity index (χ1v) is 135. The molecule has 0 aliphatic rings. The Morgan fingerprint density at radius 1 is 0.0549 bits per heavy atom. The maximum atomic E-state index is 4.48. The monoisotopic (exact) mass is 3160 g/mol. The predicted molar refractivity (Wildman–Crippen MR) is 611 cm³/mol. The van der Waals surface area contributed by atoms with Crippen LogP contribution in [0.2, 0.25) is 0 Å². The first-order valence-electron chi connectivity index (χ1n) is 10.9. The van der Waals surface area contributed by atoms with E-state index >= 15 is 0 Å². The van der Waals surface area contributed by atoms with Gasteiger partial charge < -0.3 is 0 Å². The second-order valence-corrected chi connectivity index (χ2v) is 577. The van der Waals surface area contributed by atoms with Gasteiger partial charge in [0.1, 0.15) is 0 Å². The van der Waals surface area contributed by atoms with Crippen molar-refractivity contribution >= 4 is 848 Å². The minimum atomic E-state index is -6.11. The van der Waals surface area contributed by atoms with E-state index < -0.39 is -44.7 Å². The molecule has 0 nitrogen and oxygen atoms in total. The van der Waals surface area contributed by atoms with E-state index in [2.05, 4.69) is 848 Å². The van der Waals surface area contributed by atoms with Crippen LogP contribution in [0.15, 0.2) is 0 Å². The van der Waals surface area contributed by atoms with E-state index in [1.807, 2.05) is 0 Å². The first-order chi connectivity index (χ1) is 28.3. The molecule has 0 fully saturated rings. The summed E-state index contributed by atoms with van der Waals surface area (Å²) in [6.45, 7) is 0. The Morgan fingerprint density at radius 2 is 0.0549 bits per heavy atom. The first kappa shape index (κ1) is 137. The van der Waals surface area contributed by atoms with Gasteiger partial charge in [0.2, 0.25) is 0 Å². The summed E-state index contributed by atoms with van der Waals surface area (Å²) in [5.41, 5.74) is 0. The summed E-state index contributed by atoms with van der Waals surface area (Å²) in [7, 11) is 359. The number of hydrogen-bond acceptors (Lipinski definition) is 80. The van der Waals surface area contributed by atoms with Crippen molar-refractivity contribution in [2.24, 2.45) is 0 Å². The van der Waals surface area contributed by atoms with Crippen LogP contribution in [-0.2, 0) is -44.7 Å². The second-order valence-electron chi connectivity index (χ2n) is 15.6. The molecule has 90 heteroatoms. The van der Waals surface area contributed by atoms with E-state index in [0.29, 0.717) is 0 Å². The van der Waals surface area contributed by atoms with Gasteiger partial charge in [0.25, 0.3) is 0 Å². The summed E-state index contributed by atoms with van der Waals surface area (Å²) in [5.74, 6) is 0. The molecule has 0 saturated carbocycles. The van der Waals surface area contributed by atoms with Gasteiger partial charge in [-0.3, -0.25) is 0 Å². The van der Waals surface area contributed by atoms with Crippen molar-refractivity contribution in [3.63, 3.8) is 0 Å². The molecule has 0 N–H and O–H groups in total. The van der Waals surface area contributed by atoms with Crippen LogP contribution in [0.25, 0.3) is 0 Å². The van der Waals surface area contributed by atoms with E-state index in [0.717, 1.165) is 0 Å². The van der Waals surface area contributed by atoms with Crippen molar-refractivity contribution in [1.82, 2.24) is 0 Å². The van der Waals surface area contributed by atoms with Gasteiger partial charge in [0, 0.05) is 7.43 Å². The average molecular weight is 3170 g/mol. The maximum absolute atomic E-state index is 6.11. The van der Waals surface area contributed by atoms with E-state index in [1.165, 1.54) is 0 Å². The van der Waals surface area contributed by atoms with Crippen LogP contribution in [0.1, 0.15) is 0 Å². The predicted octanol–water partition coefficient (Wildman–Crippen LogP) is 51.9. The zero-order valence-corrected chi connectivity index (χ0v) is 112. The number of rotatable bonds is 0. The second kappa shape index (κ2) is 15.3. The average Bonchev–Trinajstić information content (AvgIpc) is 1.92. The van der Waals surface area contributed by atoms with Crippen LogP contribution >= 0.6 is 848 Å². The summed E-state index contributed by atoms with van der Waals surface area (Å²) in [5, 5.41) is 0. The Labute approximate surface area is 784 Å². The summed E-state index contributed by atoms with van der Waals surface area (Å²) in [6.07, 6.45) is 0. The molecule has 0 heterocycles. The molecule has 0 atom stereocenters. The van der Waals surface area contributed by atoms with Crippen molar-refractivity contribution in [1.29, 1.82) is 0 Å². The third-order valence-corrected chi connectivity index (χ3v) is 0. The SMILES string of the molecule is [C].[S]=[Co](=[S])(=[S])(=[S])(=[S])(=[S])(=[S])=[S].[S]=[Co](=[S])(=[S])(=[S])(=[S])(=[S])(=[S])=[S].[S]=[Co](=[S])(=[S])(=[S])(=[S])(=[S])(=[S])=[S].[S]=[Co](=[S])(=[S])(=[S])(=[S])(=[S])(=[S])=[S].[S]=[Co](=[S])(=[S])(=[S])(=[S])(=[S])(=[S])=[S].[S]=[Co](=[S])(=[S])(=[S])(=[S])(=[S])(=[S])=[S].[S]=[Co](=[S])(=[S])(=[S])(=[S])(=[S])(=[S])=[S].[S]=[Co](=[S])(=[S])(=[S])(=[S])(=[S])(=[S])=[S].[S]=[Co](=[S])(=[S])(=[S])(=[S])(=[S])(=[S])=[S].[S]=[Co](=[S])(=[S])(=[S])(=[S])(=[S])(=[S])=[S]. The molecule has 91 heavy (non-hydrogen) atoms. The fourth-order valence-corrected chi connectivity index (χ4v) is 0. The van der Waals surface area contributed by atoms with E-state index in [4.69, 9.17) is 0 Å². The topological polar surface area (TPSA) is 0 Å². The number of hydrogen-bond donors (Lipinski definition) is 0. The standard InChI is InChI=1S/C.10Co.80S. The molecule has 0 spiro atoms. The molecule has 0 aliphatic carbocycles. The van der Waals surface area contributed by atoms with E-state index in [-0.39, 0.29) is 7.43 Å². The quantitative estimate of drug-likeness (QED) is 0.226. The summed E-state index contributed by atoms with van der Waals surface area (Å²) in [6, 6.07) is 0. The van der Waals surface area contributed by atoms with Gasteiger partial charge in [-0.05, 0) is 0 Å². The van der Waals surface area contributed by atoms with Crippen molar-refractivity contribution in [3.8, 4) is 0 Å². The van der Waals surface area contributed by atoms with Gasteiger partial charge in [-0.25, -0.2) is 0 Å². The Kier molecular flexibility index (Phi) is 23.1. The van der Waals surface area contributed by atoms with Gasteiger partial charge in [-0.15, -0.1) is 0 Å². The molecule has 0 unspecified atom stereocenters. The molecule has 0 aliphatic heterocycles. The molecular formula is CCo10S80. The molecule has 4 radical (unpaired) electrons. The fraction of sp³-hybridized carbons (Fsp3) is 0. The molecule has 0 bridgehead atoms. The Hall–Kier alpha value is 22.7. The Balaban J connectivity index is -0.0000000867. The van der Waals surface area contributed by atoms with Crippen LogP contribution in [0.4, 0.5) is 0 Å². The third-order valence-electron chi connectivity index (χ3n) is 0. The van der Waals surface area contributed by atoms with Crippen LogP contribution in [0.5, 0.6) is 0 Å². The Morgan fingerprint density at radius 3 is 0.0549 bits per heavy atom. The fourth-order valence-electron chi connectivity index (χ4n) is 0. The molecular weight excluding hydrogens is 3170 g/mol. The molecule has 0 amide bonds. The van der Waals surface area contributed by atoms with Crippen LogP contribution < -0.4 is 0 Å². The van der Waals surface area contributed by atoms with Crippen molar-refractivity contribution < 1.29 is -44.7 Å². The van der Waals surface area contributed by atoms with Gasteiger partial charge in [0.15, 0.2) is 0 Å². The zero-order valence-electron chi connectivity index (χ0n) is 36.5. The van der Waals surface area contributed by atoms with E-state index in [1.54, 1.807) is 0 Å². The molecule has 0 aromatic carbocycles. The van der Waals surface area contributed by atoms with Crippen LogP contribution in [-0.4, -0.2) is 0 Å². The summed E-state index contributed by atoms with van der Waals surface area (Å²) < 4.78 is -61.1. The molecule has 0 aromatic rings. The minimum absolute atomic E-state index is 0. The molecule has 0 aromatic heterocycles. The van der Waals surface area contributed by atoms with Crippen LogP contribution in [0.3, 0.4) is 0 Å². The Bertz CT molecular complexity index is 12800. The van der Waals surface area contributed by atoms with Gasteiger partial charge in [-0.2, -0.15) is 0 Å². The zero-order chi connectivity index (χ0) is 83.5. The molecule has 0 saturated heterocycles. The van der Waals surface area contributed by atoms with Gasteiger partial charge >= 0.3 is 804 Å². The normalized spacial score (nSPS) is 29.9. The third kappa shape index (κ3) is 2690. The van der Waals surface area contributed by atoms with Crippen molar-refractivity contribution in [3.05, 3.63) is 7.43 Å². The van der Waals surface area contributed by atoms with Crippen molar-refractivity contribution in [2.45, 2.75) is 0 Å². The van der Waals surface area contributed by atoms with E-state index in [9.17, 15) is 0 Å². The van der Waals surface area contributed by atoms with Crippen LogP contribution in [0, 0.1) is 7.43 Å². The van der Waals surface area contributed by atoms with Gasteiger partial charge in [-0.1, -0.05) is 0 Å². The molecule has 0 rings (SSSR count). The summed E-state index contributed by atoms with van der Waals surface area (Å²) in [4.78, 5) is 0. The summed E-state index contributed by atoms with van der Waals surface area (Å²) >= 11 is 0.